The van der Waals surface area contributed by atoms with Crippen LogP contribution in [0, 0.1) is 0 Å². The summed E-state index contributed by atoms with van der Waals surface area (Å²) in [6.07, 6.45) is 13.4. The first kappa shape index (κ1) is 49.8. The van der Waals surface area contributed by atoms with Crippen LogP contribution in [0.1, 0.15) is 106 Å². The van der Waals surface area contributed by atoms with E-state index in [4.69, 9.17) is 14.4 Å². The molecular weight excluding hydrogens is 784 g/mol. The average Bonchev–Trinajstić information content (AvgIpc) is 3.53. The molecule has 2 aromatic carbocycles. The third-order valence-corrected chi connectivity index (χ3v) is 12.3. The predicted octanol–water partition coefficient (Wildman–Crippen LogP) is 9.42. The molecule has 4 N–H and O–H groups in total. The molecule has 318 valence electrons. The summed E-state index contributed by atoms with van der Waals surface area (Å²) in [7, 11) is -0.814. The Kier molecular flexibility index (Phi) is 23.5. The number of aldehydes is 1. The number of pyridine rings is 1. The van der Waals surface area contributed by atoms with Gasteiger partial charge in [-0.25, -0.2) is 0 Å². The third-order valence-electron chi connectivity index (χ3n) is 9.47. The maximum absolute atomic E-state index is 15.6. The Morgan fingerprint density at radius 3 is 2.34 bits per heavy atom. The van der Waals surface area contributed by atoms with Crippen molar-refractivity contribution in [3.63, 3.8) is 0 Å². The molecule has 11 nitrogen and oxygen atoms in total. The van der Waals surface area contributed by atoms with Crippen LogP contribution in [0.4, 0.5) is 8.78 Å². The summed E-state index contributed by atoms with van der Waals surface area (Å²) < 4.78 is 37.7. The fourth-order valence-corrected chi connectivity index (χ4v) is 8.49. The van der Waals surface area contributed by atoms with Gasteiger partial charge in [0.05, 0.1) is 4.88 Å². The summed E-state index contributed by atoms with van der Waals surface area (Å²) in [6, 6.07) is 19.2. The van der Waals surface area contributed by atoms with E-state index < -0.39 is 14.0 Å². The van der Waals surface area contributed by atoms with Crippen LogP contribution < -0.4 is 15.3 Å². The summed E-state index contributed by atoms with van der Waals surface area (Å²) in [5, 5.41) is 10.6. The highest BCUT2D eigenvalue weighted by Gasteiger charge is 2.45. The minimum atomic E-state index is -3.21. The van der Waals surface area contributed by atoms with Crippen molar-refractivity contribution in [2.45, 2.75) is 103 Å². The number of nitrogens with two attached hydrogens (primary N) is 1. The predicted molar refractivity (Wildman–Crippen MR) is 231 cm³/mol. The van der Waals surface area contributed by atoms with E-state index in [2.05, 4.69) is 42.6 Å². The molecule has 2 fully saturated rings. The fraction of sp³-hybridized carbons (Fsp3) is 0.465. The van der Waals surface area contributed by atoms with E-state index in [0.29, 0.717) is 33.9 Å². The van der Waals surface area contributed by atoms with Crippen LogP contribution in [-0.4, -0.2) is 83.7 Å². The number of alkyl halides is 2. The Balaban J connectivity index is 0.000000328. The number of hydrogen-bond acceptors (Lipinski definition) is 9. The first-order valence-corrected chi connectivity index (χ1v) is 21.8. The zero-order valence-corrected chi connectivity index (χ0v) is 36.0. The maximum atomic E-state index is 15.6. The SMILES string of the molecule is CCCCC(C)NP(Oc1ccccc1)C(F)(F)c1ccc2sc(C=O)cc2c1.CC[C@@H](C)N1CCCCCC1=O.CN.O=CN1CC(c2cccnc2)C1.O=CO. The van der Waals surface area contributed by atoms with E-state index in [-0.39, 0.29) is 18.1 Å². The highest BCUT2D eigenvalue weighted by atomic mass is 32.1. The number of carboxylic acid groups (broad SMARTS) is 1. The van der Waals surface area contributed by atoms with E-state index in [1.54, 1.807) is 47.5 Å². The molecular formula is C43H60F2N5O6PS. The van der Waals surface area contributed by atoms with Crippen LogP contribution in [-0.2, 0) is 20.0 Å². The van der Waals surface area contributed by atoms with Gasteiger partial charge in [0, 0.05) is 66.7 Å². The number of fused-ring (bicyclic) bond motifs is 1. The minimum Gasteiger partial charge on any atom is -0.483 e. The first-order valence-electron chi connectivity index (χ1n) is 19.7. The standard InChI is InChI=1S/C22H24F2NO2PS.C10H19NO.C9H10N2O.CH5N.CH2O2/c1-3-4-8-16(2)25-28(27-19-9-6-5-7-10-19)22(23,24)18-11-12-21-17(13-18)14-20(15-26)29-21;1-3-9(2)11-8-6-4-5-7-10(11)12;12-7-11-5-9(6-11)8-2-1-3-10-4-8;1-2;2-1-3/h5-7,9-16,25H,3-4,8H2,1-2H3;9H,3-8H2,1-2H3;1-4,7,9H,5-6H2;2H2,1H3;1H,(H,2,3)/t;9-;;;/m.1.../s1. The second-order valence-electron chi connectivity index (χ2n) is 13.7. The molecule has 3 atom stereocenters. The lowest BCUT2D eigenvalue weighted by atomic mass is 9.94. The summed E-state index contributed by atoms with van der Waals surface area (Å²) in [5.74, 6) is 1.28. The van der Waals surface area contributed by atoms with Crippen molar-refractivity contribution >= 4 is 54.8 Å². The number of carbonyl (C=O) groups excluding carboxylic acids is 3. The topological polar surface area (TPSA) is 155 Å². The molecule has 0 radical (unpaired) electrons. The van der Waals surface area contributed by atoms with E-state index in [1.807, 2.05) is 30.2 Å². The molecule has 0 spiro atoms. The Bertz CT molecular complexity index is 1770. The maximum Gasteiger partial charge on any atom is 0.339 e. The lowest BCUT2D eigenvalue weighted by Gasteiger charge is -2.36. The first-order chi connectivity index (χ1) is 28.0. The van der Waals surface area contributed by atoms with Crippen molar-refractivity contribution in [3.8, 4) is 5.75 Å². The van der Waals surface area contributed by atoms with Gasteiger partial charge in [-0.15, -0.1) is 11.3 Å². The molecule has 0 saturated carbocycles. The largest absolute Gasteiger partial charge is 0.483 e. The number of benzene rings is 2. The molecule has 2 aromatic heterocycles. The number of carbonyl (C=O) groups is 4. The second-order valence-corrected chi connectivity index (χ2v) is 16.4. The van der Waals surface area contributed by atoms with Crippen LogP contribution in [0.15, 0.2) is 79.1 Å². The number of amides is 2. The van der Waals surface area contributed by atoms with Gasteiger partial charge >= 0.3 is 5.66 Å². The molecule has 4 aromatic rings. The van der Waals surface area contributed by atoms with Gasteiger partial charge in [0.1, 0.15) is 5.75 Å². The van der Waals surface area contributed by atoms with Gasteiger partial charge in [-0.3, -0.25) is 29.2 Å². The van der Waals surface area contributed by atoms with Gasteiger partial charge in [-0.05, 0) is 93.9 Å². The smallest absolute Gasteiger partial charge is 0.339 e. The van der Waals surface area contributed by atoms with Crippen molar-refractivity contribution in [1.29, 1.82) is 0 Å². The number of para-hydroxylation sites is 1. The number of likely N-dealkylation sites (tertiary alicyclic amines) is 2. The Labute approximate surface area is 347 Å². The van der Waals surface area contributed by atoms with Gasteiger partial charge in [-0.2, -0.15) is 8.78 Å². The number of nitrogens with zero attached hydrogens (tertiary/aromatic N) is 3. The van der Waals surface area contributed by atoms with Gasteiger partial charge in [-0.1, -0.05) is 63.4 Å². The van der Waals surface area contributed by atoms with Crippen molar-refractivity contribution < 1.29 is 37.6 Å². The number of nitrogens with one attached hydrogen (secondary N) is 1. The highest BCUT2D eigenvalue weighted by Crippen LogP contribution is 2.57. The molecule has 2 aliphatic rings. The van der Waals surface area contributed by atoms with Crippen LogP contribution in [0.5, 0.6) is 5.75 Å². The van der Waals surface area contributed by atoms with E-state index >= 15 is 8.78 Å². The molecule has 2 saturated heterocycles. The van der Waals surface area contributed by atoms with E-state index in [9.17, 15) is 14.4 Å². The van der Waals surface area contributed by atoms with Gasteiger partial charge < -0.3 is 25.2 Å². The number of thiophene rings is 1. The Hall–Kier alpha value is -4.36. The van der Waals surface area contributed by atoms with Crippen LogP contribution in [0.3, 0.4) is 0 Å². The zero-order valence-electron chi connectivity index (χ0n) is 34.3. The molecule has 4 heterocycles. The molecule has 15 heteroatoms. The lowest BCUT2D eigenvalue weighted by molar-refractivity contribution is -0.132. The average molecular weight is 844 g/mol. The molecule has 2 unspecified atom stereocenters. The molecule has 58 heavy (non-hydrogen) atoms. The zero-order chi connectivity index (χ0) is 42.9. The summed E-state index contributed by atoms with van der Waals surface area (Å²) in [4.78, 5) is 49.6. The lowest BCUT2D eigenvalue weighted by Crippen LogP contribution is -2.43. The number of unbranched alkanes of at least 4 members (excludes halogenated alkanes) is 1. The van der Waals surface area contributed by atoms with Crippen LogP contribution >= 0.6 is 19.6 Å². The Morgan fingerprint density at radius 1 is 1.03 bits per heavy atom. The molecule has 2 aliphatic heterocycles. The normalized spacial score (nSPS) is 15.4. The van der Waals surface area contributed by atoms with Gasteiger partial charge in [0.2, 0.25) is 20.6 Å². The van der Waals surface area contributed by atoms with Crippen LogP contribution in [0.25, 0.3) is 10.1 Å². The highest BCUT2D eigenvalue weighted by molar-refractivity contribution is 7.51. The number of aromatic nitrogens is 1. The molecule has 0 bridgehead atoms. The molecule has 6 rings (SSSR count). The van der Waals surface area contributed by atoms with Gasteiger partial charge in [0.25, 0.3) is 6.47 Å². The Morgan fingerprint density at radius 2 is 1.74 bits per heavy atom. The van der Waals surface area contributed by atoms with Crippen molar-refractivity contribution in [2.24, 2.45) is 5.73 Å². The van der Waals surface area contributed by atoms with E-state index in [1.165, 1.54) is 48.9 Å². The quantitative estimate of drug-likeness (QED) is 0.0832. The monoisotopic (exact) mass is 843 g/mol. The molecule has 0 aliphatic carbocycles. The molecule has 2 amide bonds. The second kappa shape index (κ2) is 27.4. The number of hydrogen-bond donors (Lipinski definition) is 3. The summed E-state index contributed by atoms with van der Waals surface area (Å²) in [5.41, 5.74) is 2.41. The third kappa shape index (κ3) is 16.1. The fourth-order valence-electron chi connectivity index (χ4n) is 6.07. The summed E-state index contributed by atoms with van der Waals surface area (Å²) >= 11 is 1.29. The van der Waals surface area contributed by atoms with Gasteiger partial charge in [0.15, 0.2) is 6.29 Å². The van der Waals surface area contributed by atoms with Crippen molar-refractivity contribution in [3.05, 3.63) is 95.1 Å². The van der Waals surface area contributed by atoms with Crippen molar-refractivity contribution in [1.82, 2.24) is 19.9 Å². The summed E-state index contributed by atoms with van der Waals surface area (Å²) in [6.45, 7) is 10.7. The minimum absolute atomic E-state index is 0.0952. The number of rotatable bonds is 14. The van der Waals surface area contributed by atoms with E-state index in [0.717, 1.165) is 75.6 Å². The number of halogens is 2. The van der Waals surface area contributed by atoms with Crippen molar-refractivity contribution in [2.75, 3.05) is 26.7 Å². The van der Waals surface area contributed by atoms with Crippen LogP contribution in [0.2, 0.25) is 0 Å².